The Balaban J connectivity index is 2.33. The number of nitrogens with one attached hydrogen (secondary N) is 1. The second-order valence-corrected chi connectivity index (χ2v) is 6.32. The predicted molar refractivity (Wildman–Crippen MR) is 74.5 cm³/mol. The van der Waals surface area contributed by atoms with E-state index in [9.17, 15) is 0 Å². The lowest BCUT2D eigenvalue weighted by Crippen LogP contribution is -2.43. The molecule has 3 unspecified atom stereocenters. The van der Waals surface area contributed by atoms with Crippen molar-refractivity contribution in [3.63, 3.8) is 0 Å². The summed E-state index contributed by atoms with van der Waals surface area (Å²) in [7, 11) is 0. The van der Waals surface area contributed by atoms with Crippen LogP contribution in [0.5, 0.6) is 0 Å². The molecule has 0 aliphatic carbocycles. The molecule has 3 atom stereocenters. The summed E-state index contributed by atoms with van der Waals surface area (Å²) in [5.74, 6) is 7.91. The Morgan fingerprint density at radius 1 is 1.44 bits per heavy atom. The Morgan fingerprint density at radius 3 is 2.75 bits per heavy atom. The van der Waals surface area contributed by atoms with Crippen LogP contribution in [0.4, 0.5) is 0 Å². The van der Waals surface area contributed by atoms with E-state index in [0.29, 0.717) is 6.04 Å². The smallest absolute Gasteiger partial charge is 0.0332 e. The first-order valence-corrected chi connectivity index (χ1v) is 7.94. The summed E-state index contributed by atoms with van der Waals surface area (Å²) in [6, 6.07) is 0.536. The number of hydrogen-bond acceptors (Lipinski definition) is 3. The molecule has 1 aliphatic heterocycles. The van der Waals surface area contributed by atoms with Gasteiger partial charge in [-0.05, 0) is 30.9 Å². The highest BCUT2D eigenvalue weighted by molar-refractivity contribution is 8.00. The third-order valence-corrected chi connectivity index (χ3v) is 5.28. The van der Waals surface area contributed by atoms with Crippen molar-refractivity contribution in [3.05, 3.63) is 0 Å². The second kappa shape index (κ2) is 8.37. The molecule has 1 saturated heterocycles. The molecular weight excluding hydrogens is 216 g/mol. The van der Waals surface area contributed by atoms with E-state index in [1.54, 1.807) is 0 Å². The van der Waals surface area contributed by atoms with Gasteiger partial charge in [0, 0.05) is 11.3 Å². The van der Waals surface area contributed by atoms with Crippen LogP contribution in [0, 0.1) is 5.92 Å². The molecule has 96 valence electrons. The Morgan fingerprint density at radius 2 is 2.25 bits per heavy atom. The van der Waals surface area contributed by atoms with E-state index >= 15 is 0 Å². The number of thioether (sulfide) groups is 1. The molecule has 1 heterocycles. The van der Waals surface area contributed by atoms with Crippen LogP contribution in [0.1, 0.15) is 58.8 Å². The standard InChI is InChI=1S/C13H28N2S/c1-3-5-7-11(4-2)10-12(15-14)13-8-6-9-16-13/h11-13,15H,3-10,14H2,1-2H3. The minimum atomic E-state index is 0.536. The third kappa shape index (κ3) is 4.64. The van der Waals surface area contributed by atoms with E-state index < -0.39 is 0 Å². The summed E-state index contributed by atoms with van der Waals surface area (Å²) in [5.41, 5.74) is 3.06. The molecule has 0 aromatic carbocycles. The molecule has 16 heavy (non-hydrogen) atoms. The van der Waals surface area contributed by atoms with Crippen LogP contribution in [-0.2, 0) is 0 Å². The molecule has 0 bridgehead atoms. The van der Waals surface area contributed by atoms with E-state index in [2.05, 4.69) is 31.0 Å². The Kier molecular flexibility index (Phi) is 7.50. The topological polar surface area (TPSA) is 38.0 Å². The summed E-state index contributed by atoms with van der Waals surface area (Å²) < 4.78 is 0. The molecule has 0 radical (unpaired) electrons. The van der Waals surface area contributed by atoms with Gasteiger partial charge < -0.3 is 0 Å². The van der Waals surface area contributed by atoms with E-state index in [1.165, 1.54) is 50.7 Å². The highest BCUT2D eigenvalue weighted by Crippen LogP contribution is 2.32. The Hall–Kier alpha value is 0.270. The zero-order chi connectivity index (χ0) is 11.8. The van der Waals surface area contributed by atoms with E-state index in [1.807, 2.05) is 0 Å². The van der Waals surface area contributed by atoms with Gasteiger partial charge in [-0.1, -0.05) is 39.5 Å². The summed E-state index contributed by atoms with van der Waals surface area (Å²) >= 11 is 2.11. The second-order valence-electron chi connectivity index (χ2n) is 4.98. The zero-order valence-corrected chi connectivity index (χ0v) is 11.7. The fourth-order valence-corrected chi connectivity index (χ4v) is 3.98. The number of hydrogen-bond donors (Lipinski definition) is 2. The van der Waals surface area contributed by atoms with Crippen LogP contribution in [0.15, 0.2) is 0 Å². The average molecular weight is 244 g/mol. The summed E-state index contributed by atoms with van der Waals surface area (Å²) in [6.07, 6.45) is 9.36. The first-order chi connectivity index (χ1) is 7.81. The molecule has 0 aromatic rings. The van der Waals surface area contributed by atoms with Crippen molar-refractivity contribution >= 4 is 11.8 Å². The maximum absolute atomic E-state index is 5.72. The van der Waals surface area contributed by atoms with Crippen LogP contribution in [-0.4, -0.2) is 17.0 Å². The number of hydrazine groups is 1. The van der Waals surface area contributed by atoms with Crippen molar-refractivity contribution in [3.8, 4) is 0 Å². The SMILES string of the molecule is CCCCC(CC)CC(NN)C1CCCS1. The first kappa shape index (κ1) is 14.3. The van der Waals surface area contributed by atoms with Gasteiger partial charge in [-0.3, -0.25) is 11.3 Å². The third-order valence-electron chi connectivity index (χ3n) is 3.76. The monoisotopic (exact) mass is 244 g/mol. The van der Waals surface area contributed by atoms with Gasteiger partial charge in [-0.25, -0.2) is 0 Å². The maximum Gasteiger partial charge on any atom is 0.0332 e. The first-order valence-electron chi connectivity index (χ1n) is 6.89. The fraction of sp³-hybridized carbons (Fsp3) is 1.00. The largest absolute Gasteiger partial charge is 0.271 e. The Labute approximate surface area is 105 Å². The van der Waals surface area contributed by atoms with Gasteiger partial charge in [0.15, 0.2) is 0 Å². The van der Waals surface area contributed by atoms with Crippen LogP contribution in [0.3, 0.4) is 0 Å². The van der Waals surface area contributed by atoms with Crippen LogP contribution < -0.4 is 11.3 Å². The lowest BCUT2D eigenvalue weighted by Gasteiger charge is -2.26. The van der Waals surface area contributed by atoms with Gasteiger partial charge in [-0.15, -0.1) is 0 Å². The molecule has 2 nitrogen and oxygen atoms in total. The van der Waals surface area contributed by atoms with Crippen LogP contribution >= 0.6 is 11.8 Å². The molecule has 0 saturated carbocycles. The van der Waals surface area contributed by atoms with Crippen molar-refractivity contribution in [2.75, 3.05) is 5.75 Å². The molecule has 0 aromatic heterocycles. The molecule has 3 heteroatoms. The van der Waals surface area contributed by atoms with Crippen molar-refractivity contribution < 1.29 is 0 Å². The van der Waals surface area contributed by atoms with E-state index in [0.717, 1.165) is 11.2 Å². The van der Waals surface area contributed by atoms with Gasteiger partial charge in [-0.2, -0.15) is 11.8 Å². The predicted octanol–water partition coefficient (Wildman–Crippen LogP) is 3.32. The number of nitrogens with two attached hydrogens (primary N) is 1. The molecule has 1 rings (SSSR count). The summed E-state index contributed by atoms with van der Waals surface area (Å²) in [6.45, 7) is 4.59. The minimum absolute atomic E-state index is 0.536. The molecule has 0 amide bonds. The highest BCUT2D eigenvalue weighted by Gasteiger charge is 2.26. The quantitative estimate of drug-likeness (QED) is 0.508. The molecule has 1 fully saturated rings. The number of rotatable bonds is 8. The maximum atomic E-state index is 5.72. The zero-order valence-electron chi connectivity index (χ0n) is 10.9. The van der Waals surface area contributed by atoms with Gasteiger partial charge in [0.2, 0.25) is 0 Å². The fourth-order valence-electron chi connectivity index (χ4n) is 2.59. The van der Waals surface area contributed by atoms with Gasteiger partial charge in [0.05, 0.1) is 0 Å². The lowest BCUT2D eigenvalue weighted by molar-refractivity contribution is 0.343. The Bertz CT molecular complexity index is 169. The summed E-state index contributed by atoms with van der Waals surface area (Å²) in [5, 5.41) is 0.765. The van der Waals surface area contributed by atoms with Crippen LogP contribution in [0.25, 0.3) is 0 Å². The lowest BCUT2D eigenvalue weighted by atomic mass is 9.90. The van der Waals surface area contributed by atoms with E-state index in [4.69, 9.17) is 5.84 Å². The summed E-state index contributed by atoms with van der Waals surface area (Å²) in [4.78, 5) is 0. The van der Waals surface area contributed by atoms with Crippen molar-refractivity contribution in [1.82, 2.24) is 5.43 Å². The average Bonchev–Trinajstić information content (AvgIpc) is 2.83. The normalized spacial score (nSPS) is 24.6. The highest BCUT2D eigenvalue weighted by atomic mass is 32.2. The van der Waals surface area contributed by atoms with Crippen molar-refractivity contribution in [1.29, 1.82) is 0 Å². The van der Waals surface area contributed by atoms with Crippen LogP contribution in [0.2, 0.25) is 0 Å². The van der Waals surface area contributed by atoms with Gasteiger partial charge in [0.25, 0.3) is 0 Å². The molecule has 3 N–H and O–H groups in total. The van der Waals surface area contributed by atoms with Gasteiger partial charge >= 0.3 is 0 Å². The number of unbranched alkanes of at least 4 members (excludes halogenated alkanes) is 1. The molecular formula is C13H28N2S. The van der Waals surface area contributed by atoms with E-state index in [-0.39, 0.29) is 0 Å². The van der Waals surface area contributed by atoms with Gasteiger partial charge in [0.1, 0.15) is 0 Å². The van der Waals surface area contributed by atoms with Crippen molar-refractivity contribution in [2.24, 2.45) is 11.8 Å². The minimum Gasteiger partial charge on any atom is -0.271 e. The molecule has 0 spiro atoms. The molecule has 1 aliphatic rings. The van der Waals surface area contributed by atoms with Crippen molar-refractivity contribution in [2.45, 2.75) is 70.1 Å².